The number of ether oxygens (including phenoxy) is 1. The van der Waals surface area contributed by atoms with Crippen LogP contribution < -0.4 is 5.32 Å². The van der Waals surface area contributed by atoms with Gasteiger partial charge in [-0.2, -0.15) is 0 Å². The van der Waals surface area contributed by atoms with Crippen LogP contribution >= 0.6 is 0 Å². The summed E-state index contributed by atoms with van der Waals surface area (Å²) in [7, 11) is 1.94. The minimum Gasteiger partial charge on any atom is -0.373 e. The van der Waals surface area contributed by atoms with Gasteiger partial charge in [-0.3, -0.25) is 9.59 Å². The highest BCUT2D eigenvalue weighted by molar-refractivity contribution is 5.91. The molecule has 1 aromatic heterocycles. The van der Waals surface area contributed by atoms with E-state index in [2.05, 4.69) is 5.32 Å². The van der Waals surface area contributed by atoms with E-state index < -0.39 is 6.67 Å². The number of nitrogens with zero attached hydrogens (tertiary/aromatic N) is 2. The minimum absolute atomic E-state index is 0.00733. The molecule has 2 fully saturated rings. The molecular formula is C20H26FN3O3. The predicted octanol–water partition coefficient (Wildman–Crippen LogP) is 1.83. The van der Waals surface area contributed by atoms with E-state index in [9.17, 15) is 14.0 Å². The number of alkyl halides is 1. The van der Waals surface area contributed by atoms with Gasteiger partial charge >= 0.3 is 0 Å². The molecule has 1 atom stereocenters. The number of aromatic nitrogens is 1. The van der Waals surface area contributed by atoms with Gasteiger partial charge in [0.2, 0.25) is 11.8 Å². The molecule has 27 heavy (non-hydrogen) atoms. The lowest BCUT2D eigenvalue weighted by molar-refractivity contribution is -0.130. The minimum atomic E-state index is -0.652. The van der Waals surface area contributed by atoms with Crippen LogP contribution in [0.1, 0.15) is 24.8 Å². The molecular weight excluding hydrogens is 349 g/mol. The van der Waals surface area contributed by atoms with Crippen LogP contribution in [0.5, 0.6) is 0 Å². The maximum absolute atomic E-state index is 12.4. The van der Waals surface area contributed by atoms with Crippen molar-refractivity contribution in [2.45, 2.75) is 30.9 Å². The maximum atomic E-state index is 12.4. The fraction of sp³-hybridized carbons (Fsp3) is 0.500. The monoisotopic (exact) mass is 375 g/mol. The summed E-state index contributed by atoms with van der Waals surface area (Å²) in [5.74, 6) is -0.287. The van der Waals surface area contributed by atoms with Gasteiger partial charge < -0.3 is 19.5 Å². The molecule has 0 aromatic carbocycles. The van der Waals surface area contributed by atoms with Crippen LogP contribution in [-0.4, -0.2) is 59.3 Å². The summed E-state index contributed by atoms with van der Waals surface area (Å²) in [6, 6.07) is 1.89. The van der Waals surface area contributed by atoms with Gasteiger partial charge in [-0.15, -0.1) is 0 Å². The largest absolute Gasteiger partial charge is 0.373 e. The van der Waals surface area contributed by atoms with Gasteiger partial charge in [-0.25, -0.2) is 4.39 Å². The number of amides is 2. The van der Waals surface area contributed by atoms with Gasteiger partial charge in [0, 0.05) is 44.7 Å². The Kier molecular flexibility index (Phi) is 6.11. The average molecular weight is 375 g/mol. The topological polar surface area (TPSA) is 63.6 Å². The number of allylic oxidation sites excluding steroid dienone is 1. The van der Waals surface area contributed by atoms with Gasteiger partial charge in [0.05, 0.1) is 18.2 Å². The molecule has 1 spiro atoms. The molecule has 2 saturated heterocycles. The van der Waals surface area contributed by atoms with Crippen molar-refractivity contribution in [1.29, 1.82) is 0 Å². The van der Waals surface area contributed by atoms with Crippen molar-refractivity contribution in [2.24, 2.45) is 7.05 Å². The van der Waals surface area contributed by atoms with Gasteiger partial charge in [-0.1, -0.05) is 0 Å². The van der Waals surface area contributed by atoms with E-state index in [0.29, 0.717) is 19.7 Å². The molecule has 2 aliphatic heterocycles. The lowest BCUT2D eigenvalue weighted by Crippen LogP contribution is -2.46. The number of aryl methyl sites for hydroxylation is 1. The fourth-order valence-corrected chi connectivity index (χ4v) is 3.72. The van der Waals surface area contributed by atoms with Crippen molar-refractivity contribution in [2.75, 3.05) is 26.4 Å². The zero-order valence-electron chi connectivity index (χ0n) is 15.6. The Morgan fingerprint density at radius 2 is 2.15 bits per heavy atom. The van der Waals surface area contributed by atoms with E-state index >= 15 is 0 Å². The Labute approximate surface area is 158 Å². The standard InChI is InChI=1S/C20H26FN3O3/c1-23-10-6-16(14-23)4-5-19(26)24-11-7-20(8-12-24)13-17(15-27-20)22-18(25)3-2-9-21/h2-6,10,14,17H,7-9,11-13,15H2,1H3,(H,22,25)/b3-2+,5-4+. The van der Waals surface area contributed by atoms with Crippen LogP contribution in [0.25, 0.3) is 6.08 Å². The van der Waals surface area contributed by atoms with Crippen molar-refractivity contribution in [3.63, 3.8) is 0 Å². The number of hydrogen-bond acceptors (Lipinski definition) is 3. The number of likely N-dealkylation sites (tertiary alicyclic amines) is 1. The highest BCUT2D eigenvalue weighted by Crippen LogP contribution is 2.36. The number of hydrogen-bond donors (Lipinski definition) is 1. The number of piperidine rings is 1. The van der Waals surface area contributed by atoms with Crippen LogP contribution in [0.3, 0.4) is 0 Å². The molecule has 1 unspecified atom stereocenters. The van der Waals surface area contributed by atoms with E-state index in [1.54, 1.807) is 6.08 Å². The molecule has 2 aliphatic rings. The predicted molar refractivity (Wildman–Crippen MR) is 101 cm³/mol. The normalized spacial score (nSPS) is 22.1. The Morgan fingerprint density at radius 3 is 2.81 bits per heavy atom. The highest BCUT2D eigenvalue weighted by Gasteiger charge is 2.43. The van der Waals surface area contributed by atoms with Crippen molar-refractivity contribution < 1.29 is 18.7 Å². The van der Waals surface area contributed by atoms with Crippen molar-refractivity contribution in [1.82, 2.24) is 14.8 Å². The summed E-state index contributed by atoms with van der Waals surface area (Å²) in [6.45, 7) is 1.08. The molecule has 0 saturated carbocycles. The van der Waals surface area contributed by atoms with Crippen molar-refractivity contribution in [3.05, 3.63) is 42.3 Å². The third kappa shape index (κ3) is 5.07. The first kappa shape index (κ1) is 19.4. The van der Waals surface area contributed by atoms with Crippen LogP contribution in [0.15, 0.2) is 36.7 Å². The highest BCUT2D eigenvalue weighted by atomic mass is 19.1. The zero-order chi connectivity index (χ0) is 19.3. The van der Waals surface area contributed by atoms with Gasteiger partial charge in [0.25, 0.3) is 0 Å². The number of carbonyl (C=O) groups is 2. The molecule has 0 aliphatic carbocycles. The molecule has 0 bridgehead atoms. The Morgan fingerprint density at radius 1 is 1.37 bits per heavy atom. The van der Waals surface area contributed by atoms with Crippen molar-refractivity contribution >= 4 is 17.9 Å². The number of rotatable bonds is 5. The zero-order valence-corrected chi connectivity index (χ0v) is 15.6. The molecule has 0 radical (unpaired) electrons. The Hall–Kier alpha value is -2.41. The maximum Gasteiger partial charge on any atom is 0.246 e. The lowest BCUT2D eigenvalue weighted by Gasteiger charge is -2.38. The van der Waals surface area contributed by atoms with Gasteiger partial charge in [0.15, 0.2) is 0 Å². The van der Waals surface area contributed by atoms with E-state index in [0.717, 1.165) is 24.8 Å². The van der Waals surface area contributed by atoms with Crippen LogP contribution in [-0.2, 0) is 21.4 Å². The molecule has 3 rings (SSSR count). The van der Waals surface area contributed by atoms with Gasteiger partial charge in [0.1, 0.15) is 6.67 Å². The first-order chi connectivity index (χ1) is 13.0. The SMILES string of the molecule is Cn1ccc(/C=C/C(=O)N2CCC3(CC2)CC(NC(=O)/C=C/CF)CO3)c1. The first-order valence-corrected chi connectivity index (χ1v) is 9.26. The summed E-state index contributed by atoms with van der Waals surface area (Å²) < 4.78 is 20.0. The number of carbonyl (C=O) groups excluding carboxylic acids is 2. The fourth-order valence-electron chi connectivity index (χ4n) is 3.72. The molecule has 6 nitrogen and oxygen atoms in total. The van der Waals surface area contributed by atoms with Crippen LogP contribution in [0, 0.1) is 0 Å². The molecule has 2 amide bonds. The van der Waals surface area contributed by atoms with E-state index in [1.807, 2.05) is 41.1 Å². The molecule has 3 heterocycles. The molecule has 1 N–H and O–H groups in total. The average Bonchev–Trinajstić information content (AvgIpc) is 3.25. The van der Waals surface area contributed by atoms with E-state index in [4.69, 9.17) is 4.74 Å². The van der Waals surface area contributed by atoms with E-state index in [-0.39, 0.29) is 23.5 Å². The van der Waals surface area contributed by atoms with E-state index in [1.165, 1.54) is 12.2 Å². The molecule has 1 aromatic rings. The summed E-state index contributed by atoms with van der Waals surface area (Å²) in [4.78, 5) is 25.9. The third-order valence-corrected chi connectivity index (χ3v) is 5.17. The lowest BCUT2D eigenvalue weighted by atomic mass is 9.87. The first-order valence-electron chi connectivity index (χ1n) is 9.26. The molecule has 7 heteroatoms. The summed E-state index contributed by atoms with van der Waals surface area (Å²) >= 11 is 0. The Bertz CT molecular complexity index is 733. The summed E-state index contributed by atoms with van der Waals surface area (Å²) in [6.07, 6.45) is 12.0. The summed E-state index contributed by atoms with van der Waals surface area (Å²) in [5.41, 5.74) is 0.723. The number of nitrogens with one attached hydrogen (secondary N) is 1. The van der Waals surface area contributed by atoms with Crippen LogP contribution in [0.2, 0.25) is 0 Å². The third-order valence-electron chi connectivity index (χ3n) is 5.17. The summed E-state index contributed by atoms with van der Waals surface area (Å²) in [5, 5.41) is 2.85. The second kappa shape index (κ2) is 8.52. The molecule has 146 valence electrons. The van der Waals surface area contributed by atoms with Crippen molar-refractivity contribution in [3.8, 4) is 0 Å². The van der Waals surface area contributed by atoms with Crippen LogP contribution in [0.4, 0.5) is 4.39 Å². The second-order valence-electron chi connectivity index (χ2n) is 7.23. The number of halogens is 1. The quantitative estimate of drug-likeness (QED) is 0.799. The smallest absolute Gasteiger partial charge is 0.246 e. The second-order valence-corrected chi connectivity index (χ2v) is 7.23. The Balaban J connectivity index is 1.47. The van der Waals surface area contributed by atoms with Gasteiger partial charge in [-0.05, 0) is 43.0 Å².